The highest BCUT2D eigenvalue weighted by atomic mass is 15.0. The Labute approximate surface area is 78.6 Å². The van der Waals surface area contributed by atoms with Crippen molar-refractivity contribution in [3.63, 3.8) is 0 Å². The van der Waals surface area contributed by atoms with Crippen LogP contribution in [-0.2, 0) is 0 Å². The van der Waals surface area contributed by atoms with Gasteiger partial charge < -0.3 is 11.1 Å². The van der Waals surface area contributed by atoms with Crippen LogP contribution in [0.25, 0.3) is 0 Å². The topological polar surface area (TPSA) is 63.8 Å². The van der Waals surface area contributed by atoms with Crippen molar-refractivity contribution in [2.24, 2.45) is 5.73 Å². The molecule has 3 N–H and O–H groups in total. The van der Waals surface area contributed by atoms with E-state index in [1.807, 2.05) is 20.8 Å². The van der Waals surface area contributed by atoms with Gasteiger partial charge in [0.1, 0.15) is 12.1 Å². The Morgan fingerprint density at radius 1 is 1.46 bits per heavy atom. The molecule has 0 aliphatic rings. The number of aryl methyl sites for hydroxylation is 1. The molecule has 13 heavy (non-hydrogen) atoms. The van der Waals surface area contributed by atoms with E-state index in [4.69, 9.17) is 5.73 Å². The van der Waals surface area contributed by atoms with Gasteiger partial charge in [-0.2, -0.15) is 0 Å². The van der Waals surface area contributed by atoms with Gasteiger partial charge in [-0.05, 0) is 20.8 Å². The number of rotatable bonds is 3. The molecular formula is C9H16N4. The first-order chi connectivity index (χ1) is 6.11. The standard InChI is InChI=1S/C9H16N4/c1-6(10)4-11-9-7(2)8(3)12-5-13-9/h5-6H,4,10H2,1-3H3,(H,11,12,13). The van der Waals surface area contributed by atoms with E-state index >= 15 is 0 Å². The van der Waals surface area contributed by atoms with Crippen molar-refractivity contribution in [1.82, 2.24) is 9.97 Å². The van der Waals surface area contributed by atoms with Crippen LogP contribution in [0.2, 0.25) is 0 Å². The Morgan fingerprint density at radius 2 is 2.15 bits per heavy atom. The lowest BCUT2D eigenvalue weighted by molar-refractivity contribution is 0.775. The Hall–Kier alpha value is -1.16. The number of hydrogen-bond acceptors (Lipinski definition) is 4. The van der Waals surface area contributed by atoms with Crippen molar-refractivity contribution >= 4 is 5.82 Å². The van der Waals surface area contributed by atoms with Gasteiger partial charge in [0, 0.05) is 23.8 Å². The van der Waals surface area contributed by atoms with Gasteiger partial charge in [0.2, 0.25) is 0 Å². The van der Waals surface area contributed by atoms with E-state index in [1.165, 1.54) is 0 Å². The molecule has 0 amide bonds. The molecule has 0 spiro atoms. The normalized spacial score (nSPS) is 12.6. The van der Waals surface area contributed by atoms with Gasteiger partial charge in [-0.15, -0.1) is 0 Å². The molecule has 0 fully saturated rings. The molecule has 0 saturated heterocycles. The molecule has 1 aromatic rings. The zero-order valence-electron chi connectivity index (χ0n) is 8.33. The summed E-state index contributed by atoms with van der Waals surface area (Å²) in [5, 5.41) is 3.18. The van der Waals surface area contributed by atoms with Gasteiger partial charge >= 0.3 is 0 Å². The highest BCUT2D eigenvalue weighted by Crippen LogP contribution is 2.11. The molecule has 0 aromatic carbocycles. The predicted molar refractivity (Wildman–Crippen MR) is 53.6 cm³/mol. The van der Waals surface area contributed by atoms with Crippen molar-refractivity contribution in [3.05, 3.63) is 17.6 Å². The number of anilines is 1. The predicted octanol–water partition coefficient (Wildman–Crippen LogP) is 0.853. The molecule has 1 rings (SSSR count). The molecule has 0 saturated carbocycles. The van der Waals surface area contributed by atoms with Crippen LogP contribution < -0.4 is 11.1 Å². The van der Waals surface area contributed by atoms with Crippen LogP contribution >= 0.6 is 0 Å². The summed E-state index contributed by atoms with van der Waals surface area (Å²) in [7, 11) is 0. The largest absolute Gasteiger partial charge is 0.368 e. The van der Waals surface area contributed by atoms with E-state index in [-0.39, 0.29) is 6.04 Å². The second-order valence-corrected chi connectivity index (χ2v) is 3.29. The molecule has 0 radical (unpaired) electrons. The van der Waals surface area contributed by atoms with Crippen LogP contribution in [0.15, 0.2) is 6.33 Å². The second-order valence-electron chi connectivity index (χ2n) is 3.29. The Morgan fingerprint density at radius 3 is 2.77 bits per heavy atom. The Balaban J connectivity index is 2.71. The maximum atomic E-state index is 5.62. The van der Waals surface area contributed by atoms with Gasteiger partial charge in [-0.25, -0.2) is 9.97 Å². The van der Waals surface area contributed by atoms with Crippen LogP contribution in [-0.4, -0.2) is 22.6 Å². The zero-order chi connectivity index (χ0) is 9.84. The average Bonchev–Trinajstić information content (AvgIpc) is 2.07. The maximum absolute atomic E-state index is 5.62. The summed E-state index contributed by atoms with van der Waals surface area (Å²) < 4.78 is 0. The fraction of sp³-hybridized carbons (Fsp3) is 0.556. The summed E-state index contributed by atoms with van der Waals surface area (Å²) in [6, 6.07) is 0.134. The Bertz CT molecular complexity index is 283. The first-order valence-corrected chi connectivity index (χ1v) is 4.39. The summed E-state index contributed by atoms with van der Waals surface area (Å²) in [4.78, 5) is 8.22. The van der Waals surface area contributed by atoms with E-state index in [0.717, 1.165) is 23.6 Å². The van der Waals surface area contributed by atoms with Crippen LogP contribution in [0.3, 0.4) is 0 Å². The third-order valence-electron chi connectivity index (χ3n) is 1.93. The van der Waals surface area contributed by atoms with Crippen molar-refractivity contribution in [3.8, 4) is 0 Å². The minimum atomic E-state index is 0.134. The van der Waals surface area contributed by atoms with Gasteiger partial charge in [0.15, 0.2) is 0 Å². The van der Waals surface area contributed by atoms with Crippen LogP contribution in [0, 0.1) is 13.8 Å². The summed E-state index contributed by atoms with van der Waals surface area (Å²) >= 11 is 0. The molecule has 1 atom stereocenters. The van der Waals surface area contributed by atoms with Gasteiger partial charge in [-0.3, -0.25) is 0 Å². The number of nitrogens with zero attached hydrogens (tertiary/aromatic N) is 2. The summed E-state index contributed by atoms with van der Waals surface area (Å²) in [6.07, 6.45) is 1.56. The zero-order valence-corrected chi connectivity index (χ0v) is 8.33. The van der Waals surface area contributed by atoms with Crippen LogP contribution in [0.5, 0.6) is 0 Å². The SMILES string of the molecule is Cc1ncnc(NCC(C)N)c1C. The third-order valence-corrected chi connectivity index (χ3v) is 1.93. The lowest BCUT2D eigenvalue weighted by Crippen LogP contribution is -2.25. The van der Waals surface area contributed by atoms with Crippen molar-refractivity contribution < 1.29 is 0 Å². The van der Waals surface area contributed by atoms with Crippen molar-refractivity contribution in [1.29, 1.82) is 0 Å². The molecule has 4 heteroatoms. The quantitative estimate of drug-likeness (QED) is 0.724. The van der Waals surface area contributed by atoms with Gasteiger partial charge in [0.05, 0.1) is 0 Å². The molecule has 1 unspecified atom stereocenters. The summed E-state index contributed by atoms with van der Waals surface area (Å²) in [5.41, 5.74) is 7.71. The lowest BCUT2D eigenvalue weighted by Gasteiger charge is -2.10. The number of aromatic nitrogens is 2. The van der Waals surface area contributed by atoms with E-state index in [1.54, 1.807) is 6.33 Å². The average molecular weight is 180 g/mol. The Kier molecular flexibility index (Phi) is 3.19. The molecular weight excluding hydrogens is 164 g/mol. The number of nitrogens with two attached hydrogens (primary N) is 1. The highest BCUT2D eigenvalue weighted by molar-refractivity contribution is 5.44. The summed E-state index contributed by atoms with van der Waals surface area (Å²) in [6.45, 7) is 6.65. The fourth-order valence-electron chi connectivity index (χ4n) is 0.974. The molecule has 1 aromatic heterocycles. The van der Waals surface area contributed by atoms with E-state index in [9.17, 15) is 0 Å². The second kappa shape index (κ2) is 4.18. The highest BCUT2D eigenvalue weighted by Gasteiger charge is 2.02. The molecule has 0 aliphatic heterocycles. The van der Waals surface area contributed by atoms with Crippen LogP contribution in [0.4, 0.5) is 5.82 Å². The minimum absolute atomic E-state index is 0.134. The smallest absolute Gasteiger partial charge is 0.132 e. The van der Waals surface area contributed by atoms with Crippen LogP contribution in [0.1, 0.15) is 18.2 Å². The third kappa shape index (κ3) is 2.66. The lowest BCUT2D eigenvalue weighted by atomic mass is 10.2. The van der Waals surface area contributed by atoms with Gasteiger partial charge in [0.25, 0.3) is 0 Å². The fourth-order valence-corrected chi connectivity index (χ4v) is 0.974. The molecule has 1 heterocycles. The molecule has 4 nitrogen and oxygen atoms in total. The van der Waals surface area contributed by atoms with E-state index < -0.39 is 0 Å². The maximum Gasteiger partial charge on any atom is 0.132 e. The monoisotopic (exact) mass is 180 g/mol. The van der Waals surface area contributed by atoms with E-state index in [0.29, 0.717) is 0 Å². The first kappa shape index (κ1) is 9.92. The van der Waals surface area contributed by atoms with E-state index in [2.05, 4.69) is 15.3 Å². The van der Waals surface area contributed by atoms with Crippen molar-refractivity contribution in [2.45, 2.75) is 26.8 Å². The van der Waals surface area contributed by atoms with Gasteiger partial charge in [-0.1, -0.05) is 0 Å². The molecule has 0 bridgehead atoms. The molecule has 72 valence electrons. The summed E-state index contributed by atoms with van der Waals surface area (Å²) in [5.74, 6) is 0.879. The molecule has 0 aliphatic carbocycles. The van der Waals surface area contributed by atoms with Crippen molar-refractivity contribution in [2.75, 3.05) is 11.9 Å². The number of nitrogens with one attached hydrogen (secondary N) is 1. The minimum Gasteiger partial charge on any atom is -0.368 e. The number of hydrogen-bond donors (Lipinski definition) is 2. The first-order valence-electron chi connectivity index (χ1n) is 4.39.